The maximum atomic E-state index is 12.0. The highest BCUT2D eigenvalue weighted by Crippen LogP contribution is 2.27. The molecule has 0 fully saturated rings. The van der Waals surface area contributed by atoms with E-state index < -0.39 is 0 Å². The molecule has 1 aromatic carbocycles. The zero-order valence-corrected chi connectivity index (χ0v) is 13.4. The van der Waals surface area contributed by atoms with Gasteiger partial charge in [-0.25, -0.2) is 4.98 Å². The van der Waals surface area contributed by atoms with Gasteiger partial charge in [0.25, 0.3) is 0 Å². The predicted molar refractivity (Wildman–Crippen MR) is 85.0 cm³/mol. The molecule has 1 N–H and O–H groups in total. The topological polar surface area (TPSA) is 42.0 Å². The van der Waals surface area contributed by atoms with Gasteiger partial charge >= 0.3 is 0 Å². The van der Waals surface area contributed by atoms with Crippen LogP contribution in [0.2, 0.25) is 10.0 Å². The van der Waals surface area contributed by atoms with E-state index in [4.69, 9.17) is 23.2 Å². The maximum Gasteiger partial charge on any atom is 0.230 e. The number of aromatic nitrogens is 1. The van der Waals surface area contributed by atoms with Crippen LogP contribution in [-0.2, 0) is 11.2 Å². The molecule has 0 radical (unpaired) electrons. The van der Waals surface area contributed by atoms with E-state index in [1.54, 1.807) is 24.4 Å². The molecule has 0 atom stereocenters. The second kappa shape index (κ2) is 6.57. The van der Waals surface area contributed by atoms with Crippen molar-refractivity contribution in [2.24, 2.45) is 0 Å². The van der Waals surface area contributed by atoms with Gasteiger partial charge in [0.05, 0.1) is 6.42 Å². The van der Waals surface area contributed by atoms with E-state index in [1.807, 2.05) is 0 Å². The number of nitrogens with zero attached hydrogens (tertiary/aromatic N) is 1. The van der Waals surface area contributed by atoms with Crippen molar-refractivity contribution in [1.82, 2.24) is 4.98 Å². The number of amides is 1. The Kier molecular flexibility index (Phi) is 5.02. The van der Waals surface area contributed by atoms with Crippen LogP contribution in [0.1, 0.15) is 30.2 Å². The molecule has 106 valence electrons. The van der Waals surface area contributed by atoms with E-state index in [2.05, 4.69) is 24.1 Å². The number of anilines is 1. The molecular formula is C14H14Cl2N2OS. The fourth-order valence-corrected chi connectivity index (χ4v) is 3.00. The van der Waals surface area contributed by atoms with Crippen LogP contribution in [0.15, 0.2) is 24.4 Å². The third-order valence-corrected chi connectivity index (χ3v) is 4.66. The van der Waals surface area contributed by atoms with Gasteiger partial charge < -0.3 is 5.32 Å². The first-order chi connectivity index (χ1) is 9.47. The van der Waals surface area contributed by atoms with Crippen LogP contribution in [0, 0.1) is 0 Å². The lowest BCUT2D eigenvalue weighted by Crippen LogP contribution is -2.14. The van der Waals surface area contributed by atoms with Crippen molar-refractivity contribution in [3.63, 3.8) is 0 Å². The number of hydrogen-bond donors (Lipinski definition) is 1. The summed E-state index contributed by atoms with van der Waals surface area (Å²) in [6.45, 7) is 4.17. The molecule has 1 aromatic heterocycles. The predicted octanol–water partition coefficient (Wildman–Crippen LogP) is 4.75. The van der Waals surface area contributed by atoms with Crippen LogP contribution in [0.25, 0.3) is 0 Å². The molecular weight excluding hydrogens is 315 g/mol. The highest BCUT2D eigenvalue weighted by atomic mass is 35.5. The summed E-state index contributed by atoms with van der Waals surface area (Å²) >= 11 is 13.6. The van der Waals surface area contributed by atoms with Crippen molar-refractivity contribution in [3.8, 4) is 0 Å². The summed E-state index contributed by atoms with van der Waals surface area (Å²) in [5.41, 5.74) is 0.633. The number of nitrogens with one attached hydrogen (secondary N) is 1. The molecule has 0 aliphatic rings. The minimum atomic E-state index is -0.176. The largest absolute Gasteiger partial charge is 0.302 e. The SMILES string of the molecule is CC(C)c1cnc(NC(=O)Cc2c(Cl)cccc2Cl)s1. The Labute approximate surface area is 131 Å². The quantitative estimate of drug-likeness (QED) is 0.879. The van der Waals surface area contributed by atoms with Gasteiger partial charge in [0.2, 0.25) is 5.91 Å². The molecule has 0 aliphatic carbocycles. The van der Waals surface area contributed by atoms with Crippen LogP contribution in [0.5, 0.6) is 0 Å². The summed E-state index contributed by atoms with van der Waals surface area (Å²) in [5, 5.41) is 4.36. The molecule has 6 heteroatoms. The molecule has 0 saturated heterocycles. The summed E-state index contributed by atoms with van der Waals surface area (Å²) in [6, 6.07) is 5.19. The number of carbonyl (C=O) groups is 1. The number of carbonyl (C=O) groups excluding carboxylic acids is 1. The maximum absolute atomic E-state index is 12.0. The van der Waals surface area contributed by atoms with Gasteiger partial charge in [-0.3, -0.25) is 4.79 Å². The Morgan fingerprint density at radius 1 is 1.35 bits per heavy atom. The van der Waals surface area contributed by atoms with E-state index in [9.17, 15) is 4.79 Å². The van der Waals surface area contributed by atoms with E-state index in [-0.39, 0.29) is 12.3 Å². The minimum Gasteiger partial charge on any atom is -0.302 e. The van der Waals surface area contributed by atoms with Gasteiger partial charge in [0.1, 0.15) is 0 Å². The van der Waals surface area contributed by atoms with Crippen LogP contribution in [-0.4, -0.2) is 10.9 Å². The van der Waals surface area contributed by atoms with Crippen molar-refractivity contribution in [2.45, 2.75) is 26.2 Å². The second-order valence-electron chi connectivity index (χ2n) is 4.65. The third-order valence-electron chi connectivity index (χ3n) is 2.74. The van der Waals surface area contributed by atoms with Gasteiger partial charge in [-0.15, -0.1) is 11.3 Å². The standard InChI is InChI=1S/C14H14Cl2N2OS/c1-8(2)12-7-17-14(20-12)18-13(19)6-9-10(15)4-3-5-11(9)16/h3-5,7-8H,6H2,1-2H3,(H,17,18,19). The molecule has 0 unspecified atom stereocenters. The van der Waals surface area contributed by atoms with Crippen molar-refractivity contribution in [3.05, 3.63) is 44.9 Å². The Balaban J connectivity index is 2.05. The van der Waals surface area contributed by atoms with E-state index >= 15 is 0 Å². The lowest BCUT2D eigenvalue weighted by Gasteiger charge is -2.06. The smallest absolute Gasteiger partial charge is 0.230 e. The van der Waals surface area contributed by atoms with Gasteiger partial charge in [-0.05, 0) is 23.6 Å². The molecule has 1 amide bonds. The zero-order valence-electron chi connectivity index (χ0n) is 11.1. The average molecular weight is 329 g/mol. The van der Waals surface area contributed by atoms with Gasteiger partial charge in [-0.1, -0.05) is 43.1 Å². The van der Waals surface area contributed by atoms with E-state index in [1.165, 1.54) is 11.3 Å². The van der Waals surface area contributed by atoms with Crippen LogP contribution >= 0.6 is 34.5 Å². The first-order valence-electron chi connectivity index (χ1n) is 6.16. The lowest BCUT2D eigenvalue weighted by molar-refractivity contribution is -0.115. The molecule has 1 heterocycles. The highest BCUT2D eigenvalue weighted by molar-refractivity contribution is 7.15. The molecule has 0 saturated carbocycles. The summed E-state index contributed by atoms with van der Waals surface area (Å²) in [7, 11) is 0. The van der Waals surface area contributed by atoms with Crippen molar-refractivity contribution in [2.75, 3.05) is 5.32 Å². The van der Waals surface area contributed by atoms with Gasteiger partial charge in [0.15, 0.2) is 5.13 Å². The van der Waals surface area contributed by atoms with Crippen molar-refractivity contribution >= 4 is 45.6 Å². The van der Waals surface area contributed by atoms with Crippen molar-refractivity contribution in [1.29, 1.82) is 0 Å². The number of rotatable bonds is 4. The van der Waals surface area contributed by atoms with Gasteiger partial charge in [0, 0.05) is 21.1 Å². The molecule has 0 bridgehead atoms. The van der Waals surface area contributed by atoms with Gasteiger partial charge in [-0.2, -0.15) is 0 Å². The minimum absolute atomic E-state index is 0.134. The number of hydrogen-bond acceptors (Lipinski definition) is 3. The Bertz CT molecular complexity index is 605. The number of halogens is 2. The molecule has 3 nitrogen and oxygen atoms in total. The fourth-order valence-electron chi connectivity index (χ4n) is 1.64. The number of benzene rings is 1. The number of thiazole rings is 1. The Morgan fingerprint density at radius 3 is 2.55 bits per heavy atom. The van der Waals surface area contributed by atoms with Crippen LogP contribution in [0.4, 0.5) is 5.13 Å². The van der Waals surface area contributed by atoms with Crippen molar-refractivity contribution < 1.29 is 4.79 Å². The molecule has 0 spiro atoms. The summed E-state index contributed by atoms with van der Waals surface area (Å²) < 4.78 is 0. The highest BCUT2D eigenvalue weighted by Gasteiger charge is 2.13. The first-order valence-corrected chi connectivity index (χ1v) is 7.73. The monoisotopic (exact) mass is 328 g/mol. The molecule has 20 heavy (non-hydrogen) atoms. The Hall–Kier alpha value is -1.10. The average Bonchev–Trinajstić information content (AvgIpc) is 2.82. The Morgan fingerprint density at radius 2 is 2.00 bits per heavy atom. The summed E-state index contributed by atoms with van der Waals surface area (Å²) in [5.74, 6) is 0.223. The summed E-state index contributed by atoms with van der Waals surface area (Å²) in [6.07, 6.45) is 1.92. The molecule has 2 aromatic rings. The van der Waals surface area contributed by atoms with E-state index in [0.29, 0.717) is 26.7 Å². The zero-order chi connectivity index (χ0) is 14.7. The molecule has 0 aliphatic heterocycles. The summed E-state index contributed by atoms with van der Waals surface area (Å²) in [4.78, 5) is 17.3. The van der Waals surface area contributed by atoms with Crippen LogP contribution < -0.4 is 5.32 Å². The van der Waals surface area contributed by atoms with Crippen LogP contribution in [0.3, 0.4) is 0 Å². The fraction of sp³-hybridized carbons (Fsp3) is 0.286. The van der Waals surface area contributed by atoms with E-state index in [0.717, 1.165) is 4.88 Å². The first kappa shape index (κ1) is 15.3. The third kappa shape index (κ3) is 3.72. The lowest BCUT2D eigenvalue weighted by atomic mass is 10.1. The second-order valence-corrected chi connectivity index (χ2v) is 6.52. The molecule has 2 rings (SSSR count). The normalized spacial score (nSPS) is 10.8.